The second-order valence-electron chi connectivity index (χ2n) is 3.50. The van der Waals surface area contributed by atoms with Gasteiger partial charge in [-0.25, -0.2) is 4.79 Å². The van der Waals surface area contributed by atoms with Gasteiger partial charge in [-0.3, -0.25) is 4.98 Å². The summed E-state index contributed by atoms with van der Waals surface area (Å²) in [7, 11) is 1.32. The summed E-state index contributed by atoms with van der Waals surface area (Å²) in [4.78, 5) is 15.2. The maximum absolute atomic E-state index is 11.2. The van der Waals surface area contributed by atoms with Crippen LogP contribution >= 0.6 is 11.6 Å². The quantitative estimate of drug-likeness (QED) is 0.862. The number of nitrogens with zero attached hydrogens (tertiary/aromatic N) is 1. The van der Waals surface area contributed by atoms with Crippen molar-refractivity contribution in [2.75, 3.05) is 12.4 Å². The lowest BCUT2D eigenvalue weighted by Gasteiger charge is -2.04. The van der Waals surface area contributed by atoms with Gasteiger partial charge in [0.15, 0.2) is 0 Å². The first-order valence-corrected chi connectivity index (χ1v) is 5.57. The summed E-state index contributed by atoms with van der Waals surface area (Å²) in [6.07, 6.45) is 4.58. The van der Waals surface area contributed by atoms with Crippen molar-refractivity contribution in [3.05, 3.63) is 47.1 Å². The summed E-state index contributed by atoms with van der Waals surface area (Å²) in [5, 5.41) is 3.63. The van der Waals surface area contributed by atoms with E-state index in [-0.39, 0.29) is 0 Å². The molecule has 0 bridgehead atoms. The molecule has 6 heteroatoms. The molecule has 0 aliphatic carbocycles. The van der Waals surface area contributed by atoms with Crippen LogP contribution in [0.25, 0.3) is 0 Å². The maximum Gasteiger partial charge on any atom is 0.341 e. The number of esters is 1. The monoisotopic (exact) mass is 266 g/mol. The Morgan fingerprint density at radius 2 is 2.44 bits per heavy atom. The summed E-state index contributed by atoms with van der Waals surface area (Å²) in [6.45, 7) is 0.405. The van der Waals surface area contributed by atoms with Gasteiger partial charge in [-0.15, -0.1) is 0 Å². The number of halogens is 1. The number of carbonyl (C=O) groups excluding carboxylic acids is 1. The number of furan rings is 1. The van der Waals surface area contributed by atoms with E-state index in [9.17, 15) is 4.79 Å². The van der Waals surface area contributed by atoms with Crippen molar-refractivity contribution in [1.82, 2.24) is 4.98 Å². The molecule has 2 heterocycles. The summed E-state index contributed by atoms with van der Waals surface area (Å²) in [5.41, 5.74) is 1.08. The maximum atomic E-state index is 11.2. The van der Waals surface area contributed by atoms with E-state index >= 15 is 0 Å². The van der Waals surface area contributed by atoms with Gasteiger partial charge in [-0.1, -0.05) is 11.6 Å². The van der Waals surface area contributed by atoms with Crippen LogP contribution < -0.4 is 5.32 Å². The summed E-state index contributed by atoms with van der Waals surface area (Å²) in [6, 6.07) is 3.30. The zero-order valence-electron chi connectivity index (χ0n) is 9.64. The molecule has 2 aromatic rings. The van der Waals surface area contributed by atoms with E-state index < -0.39 is 5.97 Å². The molecule has 0 atom stereocenters. The lowest BCUT2D eigenvalue weighted by molar-refractivity contribution is 0.0600. The Bertz CT molecular complexity index is 554. The molecule has 0 spiro atoms. The van der Waals surface area contributed by atoms with E-state index in [1.807, 2.05) is 0 Å². The van der Waals surface area contributed by atoms with Crippen LogP contribution in [0.3, 0.4) is 0 Å². The number of nitrogens with one attached hydrogen (secondary N) is 1. The van der Waals surface area contributed by atoms with Gasteiger partial charge in [0.2, 0.25) is 0 Å². The van der Waals surface area contributed by atoms with Gasteiger partial charge in [-0.05, 0) is 12.1 Å². The van der Waals surface area contributed by atoms with E-state index in [0.29, 0.717) is 28.6 Å². The first-order chi connectivity index (χ1) is 8.70. The Balaban J connectivity index is 2.01. The molecule has 0 unspecified atom stereocenters. The zero-order chi connectivity index (χ0) is 13.0. The minimum absolute atomic E-state index is 0.381. The molecule has 0 saturated carbocycles. The number of hydrogen-bond donors (Lipinski definition) is 1. The number of methoxy groups -OCH3 is 1. The Morgan fingerprint density at radius 1 is 1.61 bits per heavy atom. The smallest absolute Gasteiger partial charge is 0.341 e. The highest BCUT2D eigenvalue weighted by Crippen LogP contribution is 2.20. The zero-order valence-corrected chi connectivity index (χ0v) is 10.4. The summed E-state index contributed by atoms with van der Waals surface area (Å²) in [5.74, 6) is 0.180. The van der Waals surface area contributed by atoms with E-state index in [4.69, 9.17) is 16.0 Å². The number of ether oxygens (including phenoxy) is 1. The highest BCUT2D eigenvalue weighted by Gasteiger charge is 2.10. The van der Waals surface area contributed by atoms with Crippen LogP contribution in [0.5, 0.6) is 0 Å². The average Bonchev–Trinajstić information content (AvgIpc) is 2.86. The fourth-order valence-corrected chi connectivity index (χ4v) is 1.56. The first-order valence-electron chi connectivity index (χ1n) is 5.20. The molecular weight excluding hydrogens is 256 g/mol. The molecule has 0 aromatic carbocycles. The molecule has 5 nitrogen and oxygen atoms in total. The standard InChI is InChI=1S/C12H11ClN2O3/c1-17-12(16)8-4-9(18-7-8)5-15-11-6-14-3-2-10(11)13/h2-4,6-7,15H,5H2,1H3. The molecule has 94 valence electrons. The Labute approximate surface area is 109 Å². The van der Waals surface area contributed by atoms with Crippen LogP contribution in [0.2, 0.25) is 5.02 Å². The summed E-state index contributed by atoms with van der Waals surface area (Å²) >= 11 is 5.96. The van der Waals surface area contributed by atoms with Crippen molar-refractivity contribution in [1.29, 1.82) is 0 Å². The molecular formula is C12H11ClN2O3. The van der Waals surface area contributed by atoms with Crippen molar-refractivity contribution in [3.8, 4) is 0 Å². The number of anilines is 1. The number of pyridine rings is 1. The normalized spacial score (nSPS) is 10.1. The lowest BCUT2D eigenvalue weighted by atomic mass is 10.3. The van der Waals surface area contributed by atoms with Gasteiger partial charge in [0.1, 0.15) is 12.0 Å². The topological polar surface area (TPSA) is 64.4 Å². The molecule has 0 fully saturated rings. The lowest BCUT2D eigenvalue weighted by Crippen LogP contribution is -2.00. The van der Waals surface area contributed by atoms with Gasteiger partial charge in [0.25, 0.3) is 0 Å². The van der Waals surface area contributed by atoms with Gasteiger partial charge in [0.05, 0.1) is 36.1 Å². The predicted octanol–water partition coefficient (Wildman–Crippen LogP) is 2.73. The third kappa shape index (κ3) is 2.81. The SMILES string of the molecule is COC(=O)c1coc(CNc2cnccc2Cl)c1. The number of carbonyl (C=O) groups is 1. The van der Waals surface area contributed by atoms with Gasteiger partial charge in [-0.2, -0.15) is 0 Å². The second kappa shape index (κ2) is 5.55. The van der Waals surface area contributed by atoms with Crippen molar-refractivity contribution in [2.24, 2.45) is 0 Å². The van der Waals surface area contributed by atoms with Gasteiger partial charge < -0.3 is 14.5 Å². The molecule has 18 heavy (non-hydrogen) atoms. The van der Waals surface area contributed by atoms with Crippen LogP contribution in [0, 0.1) is 0 Å². The molecule has 2 rings (SSSR count). The van der Waals surface area contributed by atoms with E-state index in [0.717, 1.165) is 0 Å². The molecule has 1 N–H and O–H groups in total. The highest BCUT2D eigenvalue weighted by atomic mass is 35.5. The molecule has 0 radical (unpaired) electrons. The van der Waals surface area contributed by atoms with Crippen LogP contribution in [-0.4, -0.2) is 18.1 Å². The van der Waals surface area contributed by atoms with E-state index in [1.165, 1.54) is 13.4 Å². The Hall–Kier alpha value is -2.01. The van der Waals surface area contributed by atoms with Crippen LogP contribution in [-0.2, 0) is 11.3 Å². The van der Waals surface area contributed by atoms with Crippen molar-refractivity contribution in [3.63, 3.8) is 0 Å². The third-order valence-corrected chi connectivity index (χ3v) is 2.63. The van der Waals surface area contributed by atoms with E-state index in [2.05, 4.69) is 15.0 Å². The second-order valence-corrected chi connectivity index (χ2v) is 3.91. The first kappa shape index (κ1) is 12.4. The van der Waals surface area contributed by atoms with Gasteiger partial charge in [0, 0.05) is 6.20 Å². The van der Waals surface area contributed by atoms with Crippen molar-refractivity contribution < 1.29 is 13.9 Å². The third-order valence-electron chi connectivity index (χ3n) is 2.30. The summed E-state index contributed by atoms with van der Waals surface area (Å²) < 4.78 is 9.80. The molecule has 0 aliphatic heterocycles. The fourth-order valence-electron chi connectivity index (χ4n) is 1.39. The van der Waals surface area contributed by atoms with E-state index in [1.54, 1.807) is 24.5 Å². The minimum Gasteiger partial charge on any atom is -0.467 e. The van der Waals surface area contributed by atoms with Gasteiger partial charge >= 0.3 is 5.97 Å². The minimum atomic E-state index is -0.426. The molecule has 0 amide bonds. The number of rotatable bonds is 4. The van der Waals surface area contributed by atoms with Crippen LogP contribution in [0.15, 0.2) is 35.2 Å². The fraction of sp³-hybridized carbons (Fsp3) is 0.167. The Kier molecular flexibility index (Phi) is 3.84. The van der Waals surface area contributed by atoms with Crippen LogP contribution in [0.1, 0.15) is 16.1 Å². The molecule has 2 aromatic heterocycles. The average molecular weight is 267 g/mol. The molecule has 0 saturated heterocycles. The number of hydrogen-bond acceptors (Lipinski definition) is 5. The molecule has 0 aliphatic rings. The van der Waals surface area contributed by atoms with Crippen molar-refractivity contribution in [2.45, 2.75) is 6.54 Å². The Morgan fingerprint density at radius 3 is 3.17 bits per heavy atom. The number of aromatic nitrogens is 1. The largest absolute Gasteiger partial charge is 0.467 e. The predicted molar refractivity (Wildman–Crippen MR) is 66.6 cm³/mol. The van der Waals surface area contributed by atoms with Crippen LogP contribution in [0.4, 0.5) is 5.69 Å². The highest BCUT2D eigenvalue weighted by molar-refractivity contribution is 6.33. The van der Waals surface area contributed by atoms with Crippen molar-refractivity contribution >= 4 is 23.3 Å².